The summed E-state index contributed by atoms with van der Waals surface area (Å²) < 4.78 is 0. The fourth-order valence-electron chi connectivity index (χ4n) is 3.64. The minimum atomic E-state index is 0.819. The van der Waals surface area contributed by atoms with Crippen LogP contribution >= 0.6 is 0 Å². The van der Waals surface area contributed by atoms with Crippen molar-refractivity contribution in [2.45, 2.75) is 46.5 Å². The summed E-state index contributed by atoms with van der Waals surface area (Å²) in [5.41, 5.74) is 1.41. The number of hydrogen-bond acceptors (Lipinski definition) is 2. The Bertz CT molecular complexity index is 374. The number of aromatic nitrogens is 1. The van der Waals surface area contributed by atoms with E-state index in [1.165, 1.54) is 37.8 Å². The van der Waals surface area contributed by atoms with Crippen molar-refractivity contribution in [3.63, 3.8) is 0 Å². The van der Waals surface area contributed by atoms with E-state index in [1.54, 1.807) is 0 Å². The molecule has 0 saturated heterocycles. The number of pyridine rings is 1. The molecule has 0 spiro atoms. The van der Waals surface area contributed by atoms with Crippen molar-refractivity contribution in [3.8, 4) is 0 Å². The van der Waals surface area contributed by atoms with Crippen molar-refractivity contribution in [3.05, 3.63) is 30.1 Å². The summed E-state index contributed by atoms with van der Waals surface area (Å²) in [6, 6.07) is 4.30. The topological polar surface area (TPSA) is 24.9 Å². The third kappa shape index (κ3) is 4.31. The van der Waals surface area contributed by atoms with Crippen LogP contribution in [0.4, 0.5) is 0 Å². The SMILES string of the molecule is CCNCC1CCC(C(C)C)CC1Cc1cccnc1. The van der Waals surface area contributed by atoms with Gasteiger partial charge in [-0.25, -0.2) is 0 Å². The van der Waals surface area contributed by atoms with Crippen LogP contribution in [0.25, 0.3) is 0 Å². The second-order valence-electron chi connectivity index (χ2n) is 6.71. The van der Waals surface area contributed by atoms with Crippen LogP contribution < -0.4 is 5.32 Å². The predicted octanol–water partition coefficient (Wildman–Crippen LogP) is 3.92. The summed E-state index contributed by atoms with van der Waals surface area (Å²) >= 11 is 0. The number of nitrogens with zero attached hydrogens (tertiary/aromatic N) is 1. The molecule has 0 radical (unpaired) electrons. The fourth-order valence-corrected chi connectivity index (χ4v) is 3.64. The summed E-state index contributed by atoms with van der Waals surface area (Å²) in [7, 11) is 0. The van der Waals surface area contributed by atoms with Gasteiger partial charge in [-0.3, -0.25) is 4.98 Å². The highest BCUT2D eigenvalue weighted by atomic mass is 14.8. The first-order chi connectivity index (χ1) is 9.70. The standard InChI is InChI=1S/C18H30N2/c1-4-19-13-17-8-7-16(14(2)3)11-18(17)10-15-6-5-9-20-12-15/h5-6,9,12,14,16-19H,4,7-8,10-11,13H2,1-3H3. The Balaban J connectivity index is 2.01. The molecule has 1 aromatic heterocycles. The molecule has 2 nitrogen and oxygen atoms in total. The molecule has 2 rings (SSSR count). The first-order valence-electron chi connectivity index (χ1n) is 8.30. The highest BCUT2D eigenvalue weighted by Crippen LogP contribution is 2.38. The molecule has 1 aliphatic carbocycles. The second kappa shape index (κ2) is 7.78. The Morgan fingerprint density at radius 3 is 2.80 bits per heavy atom. The minimum absolute atomic E-state index is 0.819. The molecule has 1 N–H and O–H groups in total. The van der Waals surface area contributed by atoms with E-state index in [1.807, 2.05) is 12.4 Å². The summed E-state index contributed by atoms with van der Waals surface area (Å²) in [4.78, 5) is 4.28. The van der Waals surface area contributed by atoms with E-state index in [-0.39, 0.29) is 0 Å². The molecular formula is C18H30N2. The molecule has 112 valence electrons. The van der Waals surface area contributed by atoms with Crippen LogP contribution in [-0.2, 0) is 6.42 Å². The maximum absolute atomic E-state index is 4.28. The number of hydrogen-bond donors (Lipinski definition) is 1. The van der Waals surface area contributed by atoms with Gasteiger partial charge in [0.1, 0.15) is 0 Å². The van der Waals surface area contributed by atoms with Gasteiger partial charge in [0, 0.05) is 12.4 Å². The monoisotopic (exact) mass is 274 g/mol. The zero-order chi connectivity index (χ0) is 14.4. The van der Waals surface area contributed by atoms with Crippen molar-refractivity contribution < 1.29 is 0 Å². The van der Waals surface area contributed by atoms with E-state index in [4.69, 9.17) is 0 Å². The second-order valence-corrected chi connectivity index (χ2v) is 6.71. The van der Waals surface area contributed by atoms with Gasteiger partial charge in [0.2, 0.25) is 0 Å². The van der Waals surface area contributed by atoms with Crippen LogP contribution in [0.2, 0.25) is 0 Å². The van der Waals surface area contributed by atoms with Gasteiger partial charge in [-0.2, -0.15) is 0 Å². The highest BCUT2D eigenvalue weighted by Gasteiger charge is 2.31. The maximum atomic E-state index is 4.28. The molecule has 0 aromatic carbocycles. The lowest BCUT2D eigenvalue weighted by atomic mass is 9.69. The van der Waals surface area contributed by atoms with Crippen molar-refractivity contribution in [1.29, 1.82) is 0 Å². The van der Waals surface area contributed by atoms with E-state index in [2.05, 4.69) is 43.2 Å². The van der Waals surface area contributed by atoms with Crippen molar-refractivity contribution in [2.75, 3.05) is 13.1 Å². The largest absolute Gasteiger partial charge is 0.317 e. The molecule has 0 amide bonds. The Morgan fingerprint density at radius 2 is 2.15 bits per heavy atom. The molecule has 1 aliphatic rings. The van der Waals surface area contributed by atoms with Crippen molar-refractivity contribution in [2.24, 2.45) is 23.7 Å². The summed E-state index contributed by atoms with van der Waals surface area (Å²) in [6.07, 6.45) is 9.31. The average molecular weight is 274 g/mol. The molecule has 1 heterocycles. The predicted molar refractivity (Wildman–Crippen MR) is 85.6 cm³/mol. The Morgan fingerprint density at radius 1 is 1.30 bits per heavy atom. The third-order valence-electron chi connectivity index (χ3n) is 5.00. The first-order valence-corrected chi connectivity index (χ1v) is 8.30. The van der Waals surface area contributed by atoms with E-state index in [0.717, 1.165) is 30.2 Å². The van der Waals surface area contributed by atoms with Crippen LogP contribution in [0.1, 0.15) is 45.6 Å². The quantitative estimate of drug-likeness (QED) is 0.850. The molecule has 0 bridgehead atoms. The molecule has 0 aliphatic heterocycles. The summed E-state index contributed by atoms with van der Waals surface area (Å²) in [5.74, 6) is 3.39. The normalized spacial score (nSPS) is 26.9. The van der Waals surface area contributed by atoms with Gasteiger partial charge in [-0.15, -0.1) is 0 Å². The molecule has 1 saturated carbocycles. The fraction of sp³-hybridized carbons (Fsp3) is 0.722. The van der Waals surface area contributed by atoms with Crippen molar-refractivity contribution >= 4 is 0 Å². The smallest absolute Gasteiger partial charge is 0.0299 e. The zero-order valence-corrected chi connectivity index (χ0v) is 13.3. The average Bonchev–Trinajstić information content (AvgIpc) is 2.47. The lowest BCUT2D eigenvalue weighted by molar-refractivity contribution is 0.145. The van der Waals surface area contributed by atoms with E-state index in [9.17, 15) is 0 Å². The summed E-state index contributed by atoms with van der Waals surface area (Å²) in [5, 5.41) is 3.56. The van der Waals surface area contributed by atoms with Gasteiger partial charge in [0.15, 0.2) is 0 Å². The van der Waals surface area contributed by atoms with Gasteiger partial charge >= 0.3 is 0 Å². The van der Waals surface area contributed by atoms with Crippen LogP contribution in [0, 0.1) is 23.7 Å². The summed E-state index contributed by atoms with van der Waals surface area (Å²) in [6.45, 7) is 9.25. The zero-order valence-electron chi connectivity index (χ0n) is 13.3. The Labute approximate surface area is 124 Å². The molecule has 20 heavy (non-hydrogen) atoms. The van der Waals surface area contributed by atoms with Crippen LogP contribution in [0.3, 0.4) is 0 Å². The first kappa shape index (κ1) is 15.5. The van der Waals surface area contributed by atoms with E-state index >= 15 is 0 Å². The van der Waals surface area contributed by atoms with Gasteiger partial charge in [0.25, 0.3) is 0 Å². The minimum Gasteiger partial charge on any atom is -0.317 e. The lowest BCUT2D eigenvalue weighted by Crippen LogP contribution is -2.35. The van der Waals surface area contributed by atoms with Gasteiger partial charge in [-0.05, 0) is 74.1 Å². The maximum Gasteiger partial charge on any atom is 0.0299 e. The van der Waals surface area contributed by atoms with E-state index < -0.39 is 0 Å². The number of rotatable bonds is 6. The lowest BCUT2D eigenvalue weighted by Gasteiger charge is -2.38. The Kier molecular flexibility index (Phi) is 6.03. The van der Waals surface area contributed by atoms with Crippen LogP contribution in [0.5, 0.6) is 0 Å². The van der Waals surface area contributed by atoms with Crippen molar-refractivity contribution in [1.82, 2.24) is 10.3 Å². The highest BCUT2D eigenvalue weighted by molar-refractivity contribution is 5.10. The molecular weight excluding hydrogens is 244 g/mol. The molecule has 1 fully saturated rings. The van der Waals surface area contributed by atoms with E-state index in [0.29, 0.717) is 0 Å². The molecule has 3 atom stereocenters. The molecule has 2 heteroatoms. The van der Waals surface area contributed by atoms with Gasteiger partial charge < -0.3 is 5.32 Å². The molecule has 1 aromatic rings. The molecule has 3 unspecified atom stereocenters. The third-order valence-corrected chi connectivity index (χ3v) is 5.00. The van der Waals surface area contributed by atoms with Crippen LogP contribution in [-0.4, -0.2) is 18.1 Å². The number of nitrogens with one attached hydrogen (secondary N) is 1. The van der Waals surface area contributed by atoms with Gasteiger partial charge in [0.05, 0.1) is 0 Å². The Hall–Kier alpha value is -0.890. The van der Waals surface area contributed by atoms with Crippen LogP contribution in [0.15, 0.2) is 24.5 Å². The van der Waals surface area contributed by atoms with Gasteiger partial charge in [-0.1, -0.05) is 26.8 Å².